The highest BCUT2D eigenvalue weighted by atomic mass is 19.1. The molecule has 4 rings (SSSR count). The fourth-order valence-corrected chi connectivity index (χ4v) is 4.14. The SMILES string of the molecule is CC(C)(C)NC(=O)NC[C@H](c1ccc2c(c1)OCO2)N1CCN(c2ccccc2F)CC1. The summed E-state index contributed by atoms with van der Waals surface area (Å²) in [5.41, 5.74) is 1.36. The van der Waals surface area contributed by atoms with Crippen molar-refractivity contribution >= 4 is 11.7 Å². The molecule has 7 nitrogen and oxygen atoms in total. The molecule has 1 saturated heterocycles. The molecule has 1 fully saturated rings. The van der Waals surface area contributed by atoms with E-state index in [1.165, 1.54) is 6.07 Å². The van der Waals surface area contributed by atoms with E-state index in [1.54, 1.807) is 6.07 Å². The van der Waals surface area contributed by atoms with Gasteiger partial charge in [0.2, 0.25) is 6.79 Å². The summed E-state index contributed by atoms with van der Waals surface area (Å²) in [5, 5.41) is 5.96. The molecule has 1 atom stereocenters. The van der Waals surface area contributed by atoms with Crippen LogP contribution in [0.5, 0.6) is 11.5 Å². The lowest BCUT2D eigenvalue weighted by molar-refractivity contribution is 0.172. The van der Waals surface area contributed by atoms with Crippen LogP contribution in [0, 0.1) is 5.82 Å². The van der Waals surface area contributed by atoms with Gasteiger partial charge in [-0.1, -0.05) is 18.2 Å². The third kappa shape index (κ3) is 5.24. The van der Waals surface area contributed by atoms with Crippen molar-refractivity contribution in [3.05, 3.63) is 53.8 Å². The number of amides is 2. The molecule has 0 unspecified atom stereocenters. The van der Waals surface area contributed by atoms with Crippen molar-refractivity contribution in [3.63, 3.8) is 0 Å². The minimum absolute atomic E-state index is 0.0435. The lowest BCUT2D eigenvalue weighted by Crippen LogP contribution is -2.52. The molecule has 32 heavy (non-hydrogen) atoms. The zero-order valence-electron chi connectivity index (χ0n) is 18.9. The Kier molecular flexibility index (Phi) is 6.41. The second-order valence-corrected chi connectivity index (χ2v) is 9.19. The molecule has 2 amide bonds. The largest absolute Gasteiger partial charge is 0.454 e. The Hall–Kier alpha value is -3.00. The van der Waals surface area contributed by atoms with E-state index in [9.17, 15) is 9.18 Å². The van der Waals surface area contributed by atoms with Gasteiger partial charge in [-0.2, -0.15) is 0 Å². The van der Waals surface area contributed by atoms with Crippen molar-refractivity contribution < 1.29 is 18.7 Å². The number of fused-ring (bicyclic) bond motifs is 1. The highest BCUT2D eigenvalue weighted by Crippen LogP contribution is 2.36. The number of carbonyl (C=O) groups is 1. The maximum atomic E-state index is 14.2. The van der Waals surface area contributed by atoms with E-state index in [1.807, 2.05) is 51.1 Å². The molecule has 0 radical (unpaired) electrons. The van der Waals surface area contributed by atoms with E-state index in [4.69, 9.17) is 9.47 Å². The summed E-state index contributed by atoms with van der Waals surface area (Å²) >= 11 is 0. The number of ether oxygens (including phenoxy) is 2. The number of anilines is 1. The number of para-hydroxylation sites is 1. The number of carbonyl (C=O) groups excluding carboxylic acids is 1. The smallest absolute Gasteiger partial charge is 0.315 e. The first-order valence-electron chi connectivity index (χ1n) is 11.0. The van der Waals surface area contributed by atoms with Crippen molar-refractivity contribution in [3.8, 4) is 11.5 Å². The fourth-order valence-electron chi connectivity index (χ4n) is 4.14. The number of hydrogen-bond acceptors (Lipinski definition) is 5. The molecule has 2 N–H and O–H groups in total. The Morgan fingerprint density at radius 1 is 1.06 bits per heavy atom. The quantitative estimate of drug-likeness (QED) is 0.742. The average Bonchev–Trinajstić information content (AvgIpc) is 3.22. The van der Waals surface area contributed by atoms with E-state index in [0.717, 1.165) is 30.2 Å². The zero-order valence-corrected chi connectivity index (χ0v) is 18.9. The van der Waals surface area contributed by atoms with Crippen LogP contribution in [0.25, 0.3) is 0 Å². The van der Waals surface area contributed by atoms with Gasteiger partial charge in [0.25, 0.3) is 0 Å². The minimum Gasteiger partial charge on any atom is -0.454 e. The van der Waals surface area contributed by atoms with Crippen LogP contribution in [0.2, 0.25) is 0 Å². The minimum atomic E-state index is -0.316. The highest BCUT2D eigenvalue weighted by Gasteiger charge is 2.28. The molecular weight excluding hydrogens is 411 g/mol. The molecule has 0 bridgehead atoms. The van der Waals surface area contributed by atoms with Crippen LogP contribution in [0.15, 0.2) is 42.5 Å². The van der Waals surface area contributed by atoms with Crippen LogP contribution in [0.1, 0.15) is 32.4 Å². The van der Waals surface area contributed by atoms with Crippen LogP contribution in [0.4, 0.5) is 14.9 Å². The number of halogens is 1. The molecule has 0 aromatic heterocycles. The van der Waals surface area contributed by atoms with Gasteiger partial charge < -0.3 is 25.0 Å². The predicted octanol–water partition coefficient (Wildman–Crippen LogP) is 3.52. The van der Waals surface area contributed by atoms with Crippen LogP contribution < -0.4 is 25.0 Å². The van der Waals surface area contributed by atoms with Crippen molar-refractivity contribution in [1.29, 1.82) is 0 Å². The van der Waals surface area contributed by atoms with Crippen molar-refractivity contribution in [2.24, 2.45) is 0 Å². The first kappa shape index (κ1) is 22.2. The number of benzene rings is 2. The highest BCUT2D eigenvalue weighted by molar-refractivity contribution is 5.74. The van der Waals surface area contributed by atoms with Gasteiger partial charge in [0.1, 0.15) is 5.82 Å². The molecule has 0 saturated carbocycles. The van der Waals surface area contributed by atoms with Crippen LogP contribution in [-0.2, 0) is 0 Å². The van der Waals surface area contributed by atoms with Gasteiger partial charge in [0.05, 0.1) is 11.7 Å². The fraction of sp³-hybridized carbons (Fsp3) is 0.458. The predicted molar refractivity (Wildman–Crippen MR) is 122 cm³/mol. The Labute approximate surface area is 188 Å². The lowest BCUT2D eigenvalue weighted by atomic mass is 10.0. The van der Waals surface area contributed by atoms with Crippen molar-refractivity contribution in [1.82, 2.24) is 15.5 Å². The Bertz CT molecular complexity index is 955. The normalized spacial score (nSPS) is 17.2. The molecule has 2 heterocycles. The van der Waals surface area contributed by atoms with Crippen LogP contribution >= 0.6 is 0 Å². The Morgan fingerprint density at radius 3 is 2.50 bits per heavy atom. The standard InChI is InChI=1S/C24H31FN4O3/c1-24(2,3)27-23(30)26-15-20(17-8-9-21-22(14-17)32-16-31-21)29-12-10-28(11-13-29)19-7-5-4-6-18(19)25/h4-9,14,20H,10-13,15-16H2,1-3H3,(H2,26,27,30)/t20-/m1/s1. The second-order valence-electron chi connectivity index (χ2n) is 9.19. The monoisotopic (exact) mass is 442 g/mol. The number of hydrogen-bond donors (Lipinski definition) is 2. The summed E-state index contributed by atoms with van der Waals surface area (Å²) in [6.07, 6.45) is 0. The van der Waals surface area contributed by atoms with Gasteiger partial charge in [-0.05, 0) is 50.6 Å². The molecule has 2 aromatic rings. The molecule has 172 valence electrons. The number of nitrogens with zero attached hydrogens (tertiary/aromatic N) is 2. The van der Waals surface area contributed by atoms with Gasteiger partial charge in [0.15, 0.2) is 11.5 Å². The van der Waals surface area contributed by atoms with Crippen LogP contribution in [0.3, 0.4) is 0 Å². The molecule has 0 spiro atoms. The van der Waals surface area contributed by atoms with Gasteiger partial charge in [-0.3, -0.25) is 4.90 Å². The Balaban J connectivity index is 1.48. The van der Waals surface area contributed by atoms with Gasteiger partial charge >= 0.3 is 6.03 Å². The molecule has 8 heteroatoms. The molecule has 2 aliphatic heterocycles. The summed E-state index contributed by atoms with van der Waals surface area (Å²) in [6, 6.07) is 12.6. The maximum absolute atomic E-state index is 14.2. The first-order chi connectivity index (χ1) is 15.3. The second kappa shape index (κ2) is 9.24. The molecule has 2 aliphatic rings. The van der Waals surface area contributed by atoms with E-state index >= 15 is 0 Å². The lowest BCUT2D eigenvalue weighted by Gasteiger charge is -2.40. The van der Waals surface area contributed by atoms with E-state index in [0.29, 0.717) is 25.3 Å². The number of piperazine rings is 1. The number of nitrogens with one attached hydrogen (secondary N) is 2. The summed E-state index contributed by atoms with van der Waals surface area (Å²) < 4.78 is 25.2. The summed E-state index contributed by atoms with van der Waals surface area (Å²) in [5.74, 6) is 1.25. The van der Waals surface area contributed by atoms with Gasteiger partial charge in [0, 0.05) is 38.3 Å². The Morgan fingerprint density at radius 2 is 1.78 bits per heavy atom. The van der Waals surface area contributed by atoms with Crippen molar-refractivity contribution in [2.45, 2.75) is 32.4 Å². The van der Waals surface area contributed by atoms with Gasteiger partial charge in [-0.15, -0.1) is 0 Å². The van der Waals surface area contributed by atoms with Crippen molar-refractivity contribution in [2.75, 3.05) is 44.4 Å². The summed E-state index contributed by atoms with van der Waals surface area (Å²) in [7, 11) is 0. The first-order valence-corrected chi connectivity index (χ1v) is 11.0. The topological polar surface area (TPSA) is 66.1 Å². The molecule has 0 aliphatic carbocycles. The number of urea groups is 1. The van der Waals surface area contributed by atoms with Gasteiger partial charge in [-0.25, -0.2) is 9.18 Å². The van der Waals surface area contributed by atoms with E-state index in [-0.39, 0.29) is 30.2 Å². The van der Waals surface area contributed by atoms with E-state index in [2.05, 4.69) is 20.4 Å². The average molecular weight is 443 g/mol. The maximum Gasteiger partial charge on any atom is 0.315 e. The summed E-state index contributed by atoms with van der Waals surface area (Å²) in [6.45, 7) is 9.41. The zero-order chi connectivity index (χ0) is 22.7. The molecular formula is C24H31FN4O3. The molecule has 2 aromatic carbocycles. The third-order valence-corrected chi connectivity index (χ3v) is 5.67. The summed E-state index contributed by atoms with van der Waals surface area (Å²) in [4.78, 5) is 16.8. The van der Waals surface area contributed by atoms with Crippen LogP contribution in [-0.4, -0.2) is 56.0 Å². The number of rotatable bonds is 5. The van der Waals surface area contributed by atoms with E-state index < -0.39 is 0 Å². The third-order valence-electron chi connectivity index (χ3n) is 5.67.